The molecular formula is C24H25F2N5O3. The van der Waals surface area contributed by atoms with Crippen molar-refractivity contribution in [2.75, 3.05) is 31.2 Å². The Labute approximate surface area is 195 Å². The first kappa shape index (κ1) is 22.4. The summed E-state index contributed by atoms with van der Waals surface area (Å²) in [6.45, 7) is 2.97. The van der Waals surface area contributed by atoms with Crippen LogP contribution in [0.25, 0.3) is 11.0 Å². The summed E-state index contributed by atoms with van der Waals surface area (Å²) >= 11 is 0. The Hall–Kier alpha value is -3.40. The molecule has 0 atom stereocenters. The predicted molar refractivity (Wildman–Crippen MR) is 121 cm³/mol. The van der Waals surface area contributed by atoms with Crippen molar-refractivity contribution in [1.29, 1.82) is 0 Å². The molecule has 1 aromatic carbocycles. The topological polar surface area (TPSA) is 89.5 Å². The number of ether oxygens (including phenoxy) is 2. The lowest BCUT2D eigenvalue weighted by Gasteiger charge is -2.31. The van der Waals surface area contributed by atoms with Crippen molar-refractivity contribution < 1.29 is 23.0 Å². The lowest BCUT2D eigenvalue weighted by atomic mass is 9.92. The Kier molecular flexibility index (Phi) is 6.48. The maximum absolute atomic E-state index is 13.8. The van der Waals surface area contributed by atoms with E-state index in [2.05, 4.69) is 25.2 Å². The van der Waals surface area contributed by atoms with E-state index in [1.807, 2.05) is 12.1 Å². The second-order valence-electron chi connectivity index (χ2n) is 8.52. The smallest absolute Gasteiger partial charge is 0.273 e. The molecule has 178 valence electrons. The van der Waals surface area contributed by atoms with Crippen molar-refractivity contribution in [2.45, 2.75) is 37.8 Å². The van der Waals surface area contributed by atoms with Gasteiger partial charge in [-0.25, -0.2) is 18.7 Å². The Morgan fingerprint density at radius 2 is 1.79 bits per heavy atom. The maximum Gasteiger partial charge on any atom is 0.273 e. The molecule has 5 rings (SSSR count). The average Bonchev–Trinajstić information content (AvgIpc) is 2.85. The van der Waals surface area contributed by atoms with E-state index in [0.717, 1.165) is 30.5 Å². The molecule has 2 fully saturated rings. The van der Waals surface area contributed by atoms with Crippen molar-refractivity contribution in [3.8, 4) is 5.75 Å². The highest BCUT2D eigenvalue weighted by Crippen LogP contribution is 2.33. The molecule has 1 saturated carbocycles. The number of benzene rings is 1. The number of fused-ring (bicyclic) bond motifs is 1. The number of rotatable bonds is 5. The lowest BCUT2D eigenvalue weighted by molar-refractivity contribution is 0.0885. The third-order valence-electron chi connectivity index (χ3n) is 6.23. The predicted octanol–water partition coefficient (Wildman–Crippen LogP) is 3.26. The Balaban J connectivity index is 1.24. The first-order chi connectivity index (χ1) is 16.6. The van der Waals surface area contributed by atoms with Crippen molar-refractivity contribution in [2.24, 2.45) is 0 Å². The standard InChI is InChI=1S/C24H25F2N5O3/c25-15-11-19(26)22(29-14-15)24(32)30-16-1-3-18(4-2-16)34-21-13-17(31-7-9-33-10-8-31)12-20-23(21)28-6-5-27-20/h5-6,11-14,16,18H,1-4,7-10H2,(H,30,32)/t16-,18+. The fourth-order valence-electron chi connectivity index (χ4n) is 4.46. The van der Waals surface area contributed by atoms with Crippen LogP contribution < -0.4 is 15.0 Å². The van der Waals surface area contributed by atoms with Gasteiger partial charge in [0.1, 0.15) is 17.1 Å². The van der Waals surface area contributed by atoms with E-state index in [-0.39, 0.29) is 12.1 Å². The molecule has 1 aliphatic carbocycles. The van der Waals surface area contributed by atoms with E-state index in [1.165, 1.54) is 0 Å². The number of hydrogen-bond acceptors (Lipinski definition) is 7. The number of carbonyl (C=O) groups is 1. The molecule has 1 saturated heterocycles. The number of nitrogens with one attached hydrogen (secondary N) is 1. The van der Waals surface area contributed by atoms with Crippen LogP contribution in [0, 0.1) is 11.6 Å². The number of aromatic nitrogens is 3. The van der Waals surface area contributed by atoms with E-state index in [9.17, 15) is 13.6 Å². The molecule has 1 aliphatic heterocycles. The summed E-state index contributed by atoms with van der Waals surface area (Å²) in [5.74, 6) is -1.73. The van der Waals surface area contributed by atoms with Gasteiger partial charge >= 0.3 is 0 Å². The summed E-state index contributed by atoms with van der Waals surface area (Å²) in [6.07, 6.45) is 6.89. The zero-order valence-corrected chi connectivity index (χ0v) is 18.5. The van der Waals surface area contributed by atoms with Crippen LogP contribution in [0.1, 0.15) is 36.2 Å². The van der Waals surface area contributed by atoms with Crippen molar-refractivity contribution in [3.05, 3.63) is 54.1 Å². The van der Waals surface area contributed by atoms with E-state index in [4.69, 9.17) is 9.47 Å². The van der Waals surface area contributed by atoms with Crippen molar-refractivity contribution in [3.63, 3.8) is 0 Å². The van der Waals surface area contributed by atoms with Gasteiger partial charge in [-0.3, -0.25) is 9.78 Å². The summed E-state index contributed by atoms with van der Waals surface area (Å²) in [5, 5.41) is 2.80. The van der Waals surface area contributed by atoms with Crippen LogP contribution in [0.15, 0.2) is 36.8 Å². The first-order valence-electron chi connectivity index (χ1n) is 11.4. The van der Waals surface area contributed by atoms with Gasteiger partial charge in [-0.1, -0.05) is 0 Å². The highest BCUT2D eigenvalue weighted by Gasteiger charge is 2.26. The molecule has 10 heteroatoms. The minimum absolute atomic E-state index is 0.0426. The molecule has 3 aromatic rings. The highest BCUT2D eigenvalue weighted by molar-refractivity contribution is 5.92. The average molecular weight is 469 g/mol. The van der Waals surface area contributed by atoms with Gasteiger partial charge in [0.2, 0.25) is 0 Å². The largest absolute Gasteiger partial charge is 0.488 e. The number of halogens is 2. The first-order valence-corrected chi connectivity index (χ1v) is 11.4. The fraction of sp³-hybridized carbons (Fsp3) is 0.417. The van der Waals surface area contributed by atoms with E-state index in [0.29, 0.717) is 56.2 Å². The van der Waals surface area contributed by atoms with Crippen LogP contribution >= 0.6 is 0 Å². The maximum atomic E-state index is 13.8. The molecule has 0 spiro atoms. The normalized spacial score (nSPS) is 20.8. The van der Waals surface area contributed by atoms with E-state index < -0.39 is 23.2 Å². The van der Waals surface area contributed by atoms with E-state index >= 15 is 0 Å². The number of carbonyl (C=O) groups excluding carboxylic acids is 1. The SMILES string of the molecule is O=C(N[C@H]1CC[C@@H](Oc2cc(N3CCOCC3)cc3nccnc23)CC1)c1ncc(F)cc1F. The third kappa shape index (κ3) is 4.91. The summed E-state index contributed by atoms with van der Waals surface area (Å²) in [5.41, 5.74) is 2.12. The van der Waals surface area contributed by atoms with Crippen LogP contribution in [0.5, 0.6) is 5.75 Å². The molecule has 1 amide bonds. The summed E-state index contributed by atoms with van der Waals surface area (Å²) < 4.78 is 38.8. The fourth-order valence-corrected chi connectivity index (χ4v) is 4.46. The Morgan fingerprint density at radius 3 is 2.56 bits per heavy atom. The van der Waals surface area contributed by atoms with Gasteiger partial charge in [0.25, 0.3) is 5.91 Å². The van der Waals surface area contributed by atoms with Crippen LogP contribution in [0.2, 0.25) is 0 Å². The minimum Gasteiger partial charge on any atom is -0.488 e. The zero-order valence-electron chi connectivity index (χ0n) is 18.5. The van der Waals surface area contributed by atoms with Gasteiger partial charge in [-0.05, 0) is 31.7 Å². The van der Waals surface area contributed by atoms with Crippen LogP contribution in [-0.2, 0) is 4.74 Å². The zero-order chi connectivity index (χ0) is 23.5. The van der Waals surface area contributed by atoms with Crippen LogP contribution in [0.4, 0.5) is 14.5 Å². The van der Waals surface area contributed by atoms with Crippen molar-refractivity contribution >= 4 is 22.6 Å². The Bertz CT molecular complexity index is 1180. The molecule has 2 aromatic heterocycles. The lowest BCUT2D eigenvalue weighted by Crippen LogP contribution is -2.40. The number of pyridine rings is 1. The number of anilines is 1. The number of nitrogens with zero attached hydrogens (tertiary/aromatic N) is 4. The summed E-state index contributed by atoms with van der Waals surface area (Å²) in [7, 11) is 0. The number of amides is 1. The van der Waals surface area contributed by atoms with Gasteiger partial charge < -0.3 is 19.7 Å². The van der Waals surface area contributed by atoms with E-state index in [1.54, 1.807) is 12.4 Å². The second-order valence-corrected chi connectivity index (χ2v) is 8.52. The second kappa shape index (κ2) is 9.84. The number of hydrogen-bond donors (Lipinski definition) is 1. The van der Waals surface area contributed by atoms with Gasteiger partial charge in [0.05, 0.1) is 31.0 Å². The molecule has 2 aliphatic rings. The van der Waals surface area contributed by atoms with Crippen LogP contribution in [0.3, 0.4) is 0 Å². The van der Waals surface area contributed by atoms with Gasteiger partial charge in [-0.15, -0.1) is 0 Å². The quantitative estimate of drug-likeness (QED) is 0.614. The molecule has 34 heavy (non-hydrogen) atoms. The van der Waals surface area contributed by atoms with Gasteiger partial charge in [-0.2, -0.15) is 0 Å². The van der Waals surface area contributed by atoms with Crippen LogP contribution in [-0.4, -0.2) is 59.3 Å². The molecule has 0 unspecified atom stereocenters. The molecule has 8 nitrogen and oxygen atoms in total. The summed E-state index contributed by atoms with van der Waals surface area (Å²) in [4.78, 5) is 27.1. The molecular weight excluding hydrogens is 444 g/mol. The molecule has 3 heterocycles. The van der Waals surface area contributed by atoms with Crippen molar-refractivity contribution in [1.82, 2.24) is 20.3 Å². The molecule has 0 radical (unpaired) electrons. The monoisotopic (exact) mass is 469 g/mol. The highest BCUT2D eigenvalue weighted by atomic mass is 19.1. The van der Waals surface area contributed by atoms with Gasteiger partial charge in [0, 0.05) is 49.3 Å². The molecule has 0 bridgehead atoms. The Morgan fingerprint density at radius 1 is 1.03 bits per heavy atom. The summed E-state index contributed by atoms with van der Waals surface area (Å²) in [6, 6.07) is 4.56. The molecule has 1 N–H and O–H groups in total. The third-order valence-corrected chi connectivity index (χ3v) is 6.23. The number of morpholine rings is 1. The minimum atomic E-state index is -0.970. The van der Waals surface area contributed by atoms with Gasteiger partial charge in [0.15, 0.2) is 11.5 Å².